The molecule has 2 rings (SSSR count). The van der Waals surface area contributed by atoms with Crippen LogP contribution >= 0.6 is 8.25 Å². The predicted octanol–water partition coefficient (Wildman–Crippen LogP) is 7.09. The summed E-state index contributed by atoms with van der Waals surface area (Å²) in [5, 5.41) is 0. The summed E-state index contributed by atoms with van der Waals surface area (Å²) in [5.41, 5.74) is 7.88. The molecule has 0 N–H and O–H groups in total. The van der Waals surface area contributed by atoms with E-state index in [1.165, 1.54) is 33.4 Å². The molecule has 0 aliphatic rings. The van der Waals surface area contributed by atoms with Gasteiger partial charge in [-0.25, -0.2) is 0 Å². The van der Waals surface area contributed by atoms with Gasteiger partial charge in [0.25, 0.3) is 0 Å². The highest BCUT2D eigenvalue weighted by atomic mass is 31.1. The zero-order valence-electron chi connectivity index (χ0n) is 18.7. The van der Waals surface area contributed by atoms with Crippen molar-refractivity contribution in [2.75, 3.05) is 13.2 Å². The van der Waals surface area contributed by atoms with Gasteiger partial charge in [0, 0.05) is 0 Å². The van der Waals surface area contributed by atoms with E-state index in [9.17, 15) is 4.57 Å². The Hall–Kier alpha value is -1.93. The predicted molar refractivity (Wildman–Crippen MR) is 129 cm³/mol. The molecule has 4 heteroatoms. The Balaban J connectivity index is 1.81. The summed E-state index contributed by atoms with van der Waals surface area (Å²) in [6.07, 6.45) is 11.9. The minimum atomic E-state index is -2.51. The molecule has 0 radical (unpaired) electrons. The third-order valence-electron chi connectivity index (χ3n) is 5.28. The van der Waals surface area contributed by atoms with Crippen LogP contribution in [0.15, 0.2) is 48.6 Å². The van der Waals surface area contributed by atoms with Gasteiger partial charge in [0.1, 0.15) is 0 Å². The molecule has 162 valence electrons. The van der Waals surface area contributed by atoms with E-state index in [1.807, 2.05) is 24.3 Å². The Morgan fingerprint density at radius 3 is 1.50 bits per heavy atom. The van der Waals surface area contributed by atoms with Crippen LogP contribution in [-0.2, 0) is 39.3 Å². The highest BCUT2D eigenvalue weighted by molar-refractivity contribution is 7.33. The van der Waals surface area contributed by atoms with Crippen molar-refractivity contribution < 1.29 is 13.6 Å². The van der Waals surface area contributed by atoms with Crippen LogP contribution in [-0.4, -0.2) is 13.2 Å². The van der Waals surface area contributed by atoms with Crippen LogP contribution in [0.3, 0.4) is 0 Å². The van der Waals surface area contributed by atoms with E-state index in [2.05, 4.69) is 64.1 Å². The lowest BCUT2D eigenvalue weighted by atomic mass is 9.97. The molecule has 0 saturated carbocycles. The lowest BCUT2D eigenvalue weighted by molar-refractivity contribution is 0.261. The molecule has 0 aliphatic heterocycles. The summed E-state index contributed by atoms with van der Waals surface area (Å²) in [6, 6.07) is 12.7. The smallest absolute Gasteiger partial charge is 0.306 e. The monoisotopic (exact) mass is 426 g/mol. The van der Waals surface area contributed by atoms with Crippen LogP contribution in [0.5, 0.6) is 0 Å². The molecule has 0 amide bonds. The van der Waals surface area contributed by atoms with E-state index in [0.717, 1.165) is 25.7 Å². The molecule has 3 nitrogen and oxygen atoms in total. The summed E-state index contributed by atoms with van der Waals surface area (Å²) in [7, 11) is -2.51. The largest absolute Gasteiger partial charge is 0.319 e. The molecule has 0 atom stereocenters. The van der Waals surface area contributed by atoms with E-state index >= 15 is 0 Å². The molecule has 0 spiro atoms. The number of benzene rings is 2. The minimum Gasteiger partial charge on any atom is -0.306 e. The molecule has 0 heterocycles. The SMILES string of the molecule is CCc1cccc(/C=C/CO[PH](=O)OC/C=C/c2cccc(CC)c2CC)c1CC. The van der Waals surface area contributed by atoms with Crippen molar-refractivity contribution in [3.8, 4) is 0 Å². The van der Waals surface area contributed by atoms with Gasteiger partial charge in [0.2, 0.25) is 0 Å². The van der Waals surface area contributed by atoms with E-state index in [4.69, 9.17) is 9.05 Å². The van der Waals surface area contributed by atoms with Crippen molar-refractivity contribution in [3.63, 3.8) is 0 Å². The normalized spacial score (nSPS) is 11.9. The van der Waals surface area contributed by atoms with Gasteiger partial charge in [0.15, 0.2) is 0 Å². The second kappa shape index (κ2) is 13.4. The number of rotatable bonds is 12. The van der Waals surface area contributed by atoms with Gasteiger partial charge in [-0.1, -0.05) is 88.4 Å². The van der Waals surface area contributed by atoms with E-state index in [-0.39, 0.29) is 13.2 Å². The molecule has 2 aromatic carbocycles. The van der Waals surface area contributed by atoms with Crippen molar-refractivity contribution >= 4 is 20.4 Å². The second-order valence-electron chi connectivity index (χ2n) is 7.06. The first-order valence-corrected chi connectivity index (χ1v) is 12.2. The van der Waals surface area contributed by atoms with Gasteiger partial charge in [-0.2, -0.15) is 0 Å². The molecule has 0 fully saturated rings. The van der Waals surface area contributed by atoms with Crippen molar-refractivity contribution in [3.05, 3.63) is 81.9 Å². The molecule has 0 unspecified atom stereocenters. The topological polar surface area (TPSA) is 35.5 Å². The number of aryl methyl sites for hydroxylation is 2. The van der Waals surface area contributed by atoms with Crippen molar-refractivity contribution in [2.24, 2.45) is 0 Å². The molecule has 0 saturated heterocycles. The molecular formula is C26H35O3P. The Morgan fingerprint density at radius 1 is 0.700 bits per heavy atom. The van der Waals surface area contributed by atoms with Crippen LogP contribution in [0.1, 0.15) is 61.1 Å². The average molecular weight is 427 g/mol. The van der Waals surface area contributed by atoms with Gasteiger partial charge in [-0.05, 0) is 59.1 Å². The van der Waals surface area contributed by atoms with Crippen molar-refractivity contribution in [1.82, 2.24) is 0 Å². The zero-order valence-corrected chi connectivity index (χ0v) is 19.7. The minimum absolute atomic E-state index is 0.277. The van der Waals surface area contributed by atoms with Gasteiger partial charge in [-0.3, -0.25) is 4.57 Å². The molecule has 30 heavy (non-hydrogen) atoms. The molecule has 0 bridgehead atoms. The summed E-state index contributed by atoms with van der Waals surface area (Å²) in [4.78, 5) is 0. The third kappa shape index (κ3) is 7.09. The highest BCUT2D eigenvalue weighted by Crippen LogP contribution is 2.24. The summed E-state index contributed by atoms with van der Waals surface area (Å²) >= 11 is 0. The van der Waals surface area contributed by atoms with Gasteiger partial charge >= 0.3 is 8.25 Å². The van der Waals surface area contributed by atoms with Crippen LogP contribution < -0.4 is 0 Å². The van der Waals surface area contributed by atoms with Crippen molar-refractivity contribution in [2.45, 2.75) is 53.4 Å². The third-order valence-corrected chi connectivity index (χ3v) is 6.08. The lowest BCUT2D eigenvalue weighted by Gasteiger charge is -2.09. The Bertz CT molecular complexity index is 812. The zero-order chi connectivity index (χ0) is 21.8. The summed E-state index contributed by atoms with van der Waals surface area (Å²) in [5.74, 6) is 0. The fourth-order valence-corrected chi connectivity index (χ4v) is 4.32. The summed E-state index contributed by atoms with van der Waals surface area (Å²) < 4.78 is 22.6. The highest BCUT2D eigenvalue weighted by Gasteiger charge is 2.04. The fraction of sp³-hybridized carbons (Fsp3) is 0.385. The Labute approximate surface area is 182 Å². The first kappa shape index (κ1) is 24.3. The van der Waals surface area contributed by atoms with Crippen LogP contribution in [0.25, 0.3) is 12.2 Å². The number of hydrogen-bond acceptors (Lipinski definition) is 3. The average Bonchev–Trinajstić information content (AvgIpc) is 2.78. The molecule has 0 aliphatic carbocycles. The molecule has 2 aromatic rings. The number of hydrogen-bond donors (Lipinski definition) is 0. The maximum absolute atomic E-state index is 12.0. The summed E-state index contributed by atoms with van der Waals surface area (Å²) in [6.45, 7) is 9.24. The van der Waals surface area contributed by atoms with Gasteiger partial charge in [0.05, 0.1) is 13.2 Å². The van der Waals surface area contributed by atoms with E-state index in [1.54, 1.807) is 0 Å². The van der Waals surface area contributed by atoms with Gasteiger partial charge in [-0.15, -0.1) is 0 Å². The maximum atomic E-state index is 12.0. The Morgan fingerprint density at radius 2 is 1.13 bits per heavy atom. The fourth-order valence-electron chi connectivity index (χ4n) is 3.77. The lowest BCUT2D eigenvalue weighted by Crippen LogP contribution is -1.94. The van der Waals surface area contributed by atoms with E-state index in [0.29, 0.717) is 0 Å². The Kier molecular flexibility index (Phi) is 10.9. The first-order chi connectivity index (χ1) is 14.6. The second-order valence-corrected chi connectivity index (χ2v) is 8.14. The van der Waals surface area contributed by atoms with Crippen LogP contribution in [0.2, 0.25) is 0 Å². The van der Waals surface area contributed by atoms with Crippen LogP contribution in [0.4, 0.5) is 0 Å². The molecule has 0 aromatic heterocycles. The van der Waals surface area contributed by atoms with Crippen LogP contribution in [0, 0.1) is 0 Å². The molecular weight excluding hydrogens is 391 g/mol. The quantitative estimate of drug-likeness (QED) is 0.340. The maximum Gasteiger partial charge on any atom is 0.319 e. The van der Waals surface area contributed by atoms with Gasteiger partial charge < -0.3 is 9.05 Å². The standard InChI is InChI=1S/C26H35O3P/c1-5-21-13-9-15-23(25(21)7-3)17-11-19-28-30(27)29-20-12-18-24-16-10-14-22(6-2)26(24)8-4/h9-18,30H,5-8,19-20H2,1-4H3/b17-11+,18-12+. The first-order valence-electron chi connectivity index (χ1n) is 11.0. The van der Waals surface area contributed by atoms with E-state index < -0.39 is 8.25 Å². The van der Waals surface area contributed by atoms with Crippen molar-refractivity contribution in [1.29, 1.82) is 0 Å².